The van der Waals surface area contributed by atoms with E-state index in [1.807, 2.05) is 0 Å². The first-order valence-electron chi connectivity index (χ1n) is 8.28. The summed E-state index contributed by atoms with van der Waals surface area (Å²) in [6.45, 7) is 2.84. The maximum Gasteiger partial charge on any atom is 0.177 e. The molecule has 0 bridgehead atoms. The molecule has 0 heterocycles. The zero-order valence-corrected chi connectivity index (χ0v) is 13.8. The highest BCUT2D eigenvalue weighted by atomic mass is 19.2. The summed E-state index contributed by atoms with van der Waals surface area (Å²) >= 11 is 0. The van der Waals surface area contributed by atoms with Gasteiger partial charge >= 0.3 is 0 Å². The van der Waals surface area contributed by atoms with Crippen LogP contribution in [0.5, 0.6) is 5.75 Å². The molecule has 4 heteroatoms. The number of hydrogen-bond acceptors (Lipinski definition) is 2. The fourth-order valence-electron chi connectivity index (χ4n) is 2.49. The molecule has 0 spiro atoms. The van der Waals surface area contributed by atoms with Crippen molar-refractivity contribution in [3.8, 4) is 22.9 Å². The molecule has 0 saturated carbocycles. The maximum absolute atomic E-state index is 14.0. The molecule has 126 valence electrons. The quantitative estimate of drug-likeness (QED) is 0.569. The van der Waals surface area contributed by atoms with Gasteiger partial charge in [0.25, 0.3) is 0 Å². The molecule has 0 aliphatic heterocycles. The number of benzene rings is 2. The van der Waals surface area contributed by atoms with Gasteiger partial charge in [0.2, 0.25) is 0 Å². The molecule has 0 unspecified atom stereocenters. The number of rotatable bonds is 8. The van der Waals surface area contributed by atoms with Gasteiger partial charge in [-0.25, -0.2) is 8.78 Å². The molecule has 2 aromatic rings. The first-order chi connectivity index (χ1) is 11.7. The number of hydrogen-bond donors (Lipinski definition) is 0. The van der Waals surface area contributed by atoms with Crippen molar-refractivity contribution in [2.24, 2.45) is 0 Å². The molecule has 0 aromatic heterocycles. The Labute approximate surface area is 141 Å². The van der Waals surface area contributed by atoms with E-state index in [4.69, 9.17) is 10.00 Å². The molecule has 2 nitrogen and oxygen atoms in total. The van der Waals surface area contributed by atoms with Crippen molar-refractivity contribution in [2.45, 2.75) is 39.0 Å². The highest BCUT2D eigenvalue weighted by molar-refractivity contribution is 5.66. The Morgan fingerprint density at radius 1 is 0.917 bits per heavy atom. The van der Waals surface area contributed by atoms with Gasteiger partial charge < -0.3 is 4.74 Å². The van der Waals surface area contributed by atoms with Crippen molar-refractivity contribution in [2.75, 3.05) is 6.61 Å². The van der Waals surface area contributed by atoms with Gasteiger partial charge in [-0.2, -0.15) is 5.26 Å². The lowest BCUT2D eigenvalue weighted by molar-refractivity contribution is 0.304. The van der Waals surface area contributed by atoms with Crippen molar-refractivity contribution < 1.29 is 13.5 Å². The van der Waals surface area contributed by atoms with E-state index in [1.54, 1.807) is 30.3 Å². The molecule has 2 rings (SSSR count). The topological polar surface area (TPSA) is 33.0 Å². The first-order valence-corrected chi connectivity index (χ1v) is 8.28. The Balaban J connectivity index is 1.97. The fraction of sp³-hybridized carbons (Fsp3) is 0.350. The molecule has 0 atom stereocenters. The minimum Gasteiger partial charge on any atom is -0.494 e. The van der Waals surface area contributed by atoms with Crippen LogP contribution in [-0.4, -0.2) is 6.61 Å². The number of unbranched alkanes of at least 4 members (excludes halogenated alkanes) is 4. The predicted molar refractivity (Wildman–Crippen MR) is 90.8 cm³/mol. The summed E-state index contributed by atoms with van der Waals surface area (Å²) in [5.74, 6) is -1.40. The van der Waals surface area contributed by atoms with Crippen LogP contribution in [0.25, 0.3) is 11.1 Å². The van der Waals surface area contributed by atoms with Crippen LogP contribution in [-0.2, 0) is 0 Å². The van der Waals surface area contributed by atoms with Crippen LogP contribution < -0.4 is 4.74 Å². The summed E-state index contributed by atoms with van der Waals surface area (Å²) in [5, 5.41) is 8.72. The largest absolute Gasteiger partial charge is 0.494 e. The fourth-order valence-corrected chi connectivity index (χ4v) is 2.49. The van der Waals surface area contributed by atoms with Crippen LogP contribution in [0.4, 0.5) is 8.78 Å². The van der Waals surface area contributed by atoms with Crippen molar-refractivity contribution >= 4 is 0 Å². The van der Waals surface area contributed by atoms with E-state index in [9.17, 15) is 8.78 Å². The Hall–Kier alpha value is -2.41. The highest BCUT2D eigenvalue weighted by Gasteiger charge is 2.14. The van der Waals surface area contributed by atoms with Crippen LogP contribution in [0.1, 0.15) is 44.6 Å². The average molecular weight is 329 g/mol. The van der Waals surface area contributed by atoms with Gasteiger partial charge in [-0.3, -0.25) is 0 Å². The summed E-state index contributed by atoms with van der Waals surface area (Å²) in [7, 11) is 0. The number of nitrogens with zero attached hydrogens (tertiary/aromatic N) is 1. The van der Waals surface area contributed by atoms with E-state index >= 15 is 0 Å². The Morgan fingerprint density at radius 2 is 1.62 bits per heavy atom. The second-order valence-electron chi connectivity index (χ2n) is 5.69. The van der Waals surface area contributed by atoms with E-state index < -0.39 is 11.6 Å². The predicted octanol–water partition coefficient (Wildman–Crippen LogP) is 5.85. The zero-order valence-electron chi connectivity index (χ0n) is 13.8. The lowest BCUT2D eigenvalue weighted by Gasteiger charge is -2.08. The van der Waals surface area contributed by atoms with Gasteiger partial charge in [-0.1, -0.05) is 44.7 Å². The van der Waals surface area contributed by atoms with Crippen LogP contribution in [0, 0.1) is 23.0 Å². The molecule has 2 aromatic carbocycles. The van der Waals surface area contributed by atoms with Gasteiger partial charge in [-0.15, -0.1) is 0 Å². The van der Waals surface area contributed by atoms with E-state index in [2.05, 4.69) is 6.92 Å². The molecule has 24 heavy (non-hydrogen) atoms. The molecule has 0 amide bonds. The molecular formula is C20H21F2NO. The molecule has 0 fully saturated rings. The SMILES string of the molecule is CCCCCCCOc1ccc(-c2ccc(C#N)c(F)c2F)cc1. The molecule has 0 N–H and O–H groups in total. The van der Waals surface area contributed by atoms with Crippen molar-refractivity contribution in [3.05, 3.63) is 53.6 Å². The van der Waals surface area contributed by atoms with Crippen molar-refractivity contribution in [1.29, 1.82) is 5.26 Å². The van der Waals surface area contributed by atoms with E-state index in [-0.39, 0.29) is 11.1 Å². The first kappa shape index (κ1) is 17.9. The Kier molecular flexibility index (Phi) is 6.74. The van der Waals surface area contributed by atoms with Gasteiger partial charge in [0.1, 0.15) is 11.8 Å². The summed E-state index contributed by atoms with van der Waals surface area (Å²) in [6.07, 6.45) is 5.86. The van der Waals surface area contributed by atoms with Crippen LogP contribution in [0.2, 0.25) is 0 Å². The summed E-state index contributed by atoms with van der Waals surface area (Å²) in [5.41, 5.74) is 0.392. The molecule has 0 aliphatic carbocycles. The van der Waals surface area contributed by atoms with E-state index in [1.165, 1.54) is 31.4 Å². The third-order valence-electron chi connectivity index (χ3n) is 3.88. The minimum atomic E-state index is -1.11. The lowest BCUT2D eigenvalue weighted by atomic mass is 10.0. The smallest absolute Gasteiger partial charge is 0.177 e. The van der Waals surface area contributed by atoms with Gasteiger partial charge in [0.05, 0.1) is 12.2 Å². The second-order valence-corrected chi connectivity index (χ2v) is 5.69. The Morgan fingerprint density at radius 3 is 2.29 bits per heavy atom. The Bertz CT molecular complexity index is 705. The van der Waals surface area contributed by atoms with E-state index in [0.29, 0.717) is 17.9 Å². The van der Waals surface area contributed by atoms with Crippen molar-refractivity contribution in [1.82, 2.24) is 0 Å². The second kappa shape index (κ2) is 9.02. The number of ether oxygens (including phenoxy) is 1. The molecule has 0 aliphatic rings. The number of halogens is 2. The number of nitriles is 1. The lowest BCUT2D eigenvalue weighted by Crippen LogP contribution is -1.97. The summed E-state index contributed by atoms with van der Waals surface area (Å²) < 4.78 is 33.4. The molecular weight excluding hydrogens is 308 g/mol. The molecule has 0 saturated heterocycles. The summed E-state index contributed by atoms with van der Waals surface area (Å²) in [4.78, 5) is 0. The minimum absolute atomic E-state index is 0.137. The average Bonchev–Trinajstić information content (AvgIpc) is 2.61. The van der Waals surface area contributed by atoms with Crippen molar-refractivity contribution in [3.63, 3.8) is 0 Å². The van der Waals surface area contributed by atoms with Crippen LogP contribution in [0.3, 0.4) is 0 Å². The monoisotopic (exact) mass is 329 g/mol. The highest BCUT2D eigenvalue weighted by Crippen LogP contribution is 2.27. The maximum atomic E-state index is 14.0. The zero-order chi connectivity index (χ0) is 17.4. The van der Waals surface area contributed by atoms with E-state index in [0.717, 1.165) is 12.8 Å². The molecule has 0 radical (unpaired) electrons. The van der Waals surface area contributed by atoms with Gasteiger partial charge in [0, 0.05) is 5.56 Å². The third-order valence-corrected chi connectivity index (χ3v) is 3.88. The summed E-state index contributed by atoms with van der Waals surface area (Å²) in [6, 6.07) is 11.2. The van der Waals surface area contributed by atoms with Gasteiger partial charge in [0.15, 0.2) is 11.6 Å². The van der Waals surface area contributed by atoms with Crippen LogP contribution >= 0.6 is 0 Å². The standard InChI is InChI=1S/C20H21F2NO/c1-2-3-4-5-6-13-24-17-10-7-15(8-11-17)18-12-9-16(14-23)19(21)20(18)22/h7-12H,2-6,13H2,1H3. The third kappa shape index (κ3) is 4.55. The normalized spacial score (nSPS) is 10.4. The van der Waals surface area contributed by atoms with Crippen LogP contribution in [0.15, 0.2) is 36.4 Å². The van der Waals surface area contributed by atoms with Gasteiger partial charge in [-0.05, 0) is 36.2 Å².